The van der Waals surface area contributed by atoms with E-state index in [9.17, 15) is 13.2 Å². The minimum atomic E-state index is -4.46. The quantitative estimate of drug-likeness (QED) is 0.237. The van der Waals surface area contributed by atoms with Crippen LogP contribution in [0.1, 0.15) is 5.69 Å². The Balaban J connectivity index is 0.000000176. The molecule has 0 saturated carbocycles. The van der Waals surface area contributed by atoms with E-state index in [2.05, 4.69) is 38.4 Å². The zero-order valence-electron chi connectivity index (χ0n) is 16.4. The van der Waals surface area contributed by atoms with Crippen LogP contribution in [0.25, 0.3) is 33.4 Å². The molecule has 0 fully saturated rings. The molecule has 32 heavy (non-hydrogen) atoms. The summed E-state index contributed by atoms with van der Waals surface area (Å²) >= 11 is 0. The summed E-state index contributed by atoms with van der Waals surface area (Å²) in [6.07, 6.45) is -1.13. The molecule has 0 amide bonds. The van der Waals surface area contributed by atoms with Gasteiger partial charge in [0.1, 0.15) is 5.69 Å². The van der Waals surface area contributed by atoms with Crippen LogP contribution in [-0.2, 0) is 26.3 Å². The number of hydrogen-bond acceptors (Lipinski definition) is 3. The van der Waals surface area contributed by atoms with Crippen molar-refractivity contribution in [3.05, 3.63) is 103 Å². The van der Waals surface area contributed by atoms with E-state index in [0.29, 0.717) is 5.69 Å². The Hall–Kier alpha value is -3.35. The van der Waals surface area contributed by atoms with Gasteiger partial charge in [-0.15, -0.1) is 35.9 Å². The molecule has 0 bridgehead atoms. The van der Waals surface area contributed by atoms with E-state index >= 15 is 0 Å². The Morgan fingerprint density at radius 3 is 2.28 bits per heavy atom. The van der Waals surface area contributed by atoms with Crippen LogP contribution >= 0.6 is 0 Å². The number of hydrogen-bond donors (Lipinski definition) is 0. The number of alkyl halides is 3. The molecule has 0 aliphatic heterocycles. The third-order valence-electron chi connectivity index (χ3n) is 4.39. The minimum Gasteiger partial charge on any atom is -0.573 e. The summed E-state index contributed by atoms with van der Waals surface area (Å²) in [6.45, 7) is 0. The van der Waals surface area contributed by atoms with E-state index in [-0.39, 0.29) is 25.8 Å². The van der Waals surface area contributed by atoms with Crippen molar-refractivity contribution in [2.75, 3.05) is 0 Å². The molecule has 1 radical (unpaired) electrons. The molecule has 3 aromatic heterocycles. The smallest absolute Gasteiger partial charge is 0.431 e. The van der Waals surface area contributed by atoms with Gasteiger partial charge in [0.2, 0.25) is 0 Å². The first kappa shape index (κ1) is 23.3. The predicted octanol–water partition coefficient (Wildman–Crippen LogP) is 5.82. The van der Waals surface area contributed by atoms with Crippen molar-refractivity contribution >= 4 is 10.8 Å². The number of rotatable bonds is 2. The SMILES string of the molecule is FC(F)(F)c1cc(-c2ccccn2)[n-]n1.[Ir].[c-]1ccccc1-c1nccc2ccccc12. The Bertz CT molecular complexity index is 1270. The first-order valence-corrected chi connectivity index (χ1v) is 9.32. The number of pyridine rings is 2. The maximum absolute atomic E-state index is 12.2. The summed E-state index contributed by atoms with van der Waals surface area (Å²) in [7, 11) is 0. The van der Waals surface area contributed by atoms with Crippen LogP contribution in [0.4, 0.5) is 13.2 Å². The van der Waals surface area contributed by atoms with Crippen molar-refractivity contribution in [1.82, 2.24) is 20.2 Å². The van der Waals surface area contributed by atoms with Gasteiger partial charge >= 0.3 is 6.18 Å². The predicted molar refractivity (Wildman–Crippen MR) is 112 cm³/mol. The van der Waals surface area contributed by atoms with Crippen LogP contribution in [0, 0.1) is 6.07 Å². The number of nitrogens with zero attached hydrogens (tertiary/aromatic N) is 4. The zero-order valence-corrected chi connectivity index (χ0v) is 18.8. The molecule has 0 unspecified atom stereocenters. The molecular formula is C24H15F3IrN4-2. The molecule has 8 heteroatoms. The molecule has 3 heterocycles. The number of aromatic nitrogens is 4. The fraction of sp³-hybridized carbons (Fsp3) is 0.0417. The second kappa shape index (κ2) is 10.3. The molecule has 0 spiro atoms. The van der Waals surface area contributed by atoms with Crippen molar-refractivity contribution in [2.45, 2.75) is 6.18 Å². The van der Waals surface area contributed by atoms with Crippen molar-refractivity contribution in [1.29, 1.82) is 0 Å². The van der Waals surface area contributed by atoms with Crippen molar-refractivity contribution in [2.24, 2.45) is 0 Å². The van der Waals surface area contributed by atoms with Gasteiger partial charge in [-0.2, -0.15) is 13.2 Å². The first-order valence-electron chi connectivity index (χ1n) is 9.32. The first-order chi connectivity index (χ1) is 15.0. The minimum absolute atomic E-state index is 0. The molecule has 0 aliphatic rings. The van der Waals surface area contributed by atoms with E-state index in [4.69, 9.17) is 0 Å². The molecule has 163 valence electrons. The van der Waals surface area contributed by atoms with Crippen LogP contribution in [0.2, 0.25) is 0 Å². The fourth-order valence-corrected chi connectivity index (χ4v) is 2.95. The Morgan fingerprint density at radius 1 is 0.812 bits per heavy atom. The van der Waals surface area contributed by atoms with E-state index in [1.807, 2.05) is 48.7 Å². The molecule has 0 N–H and O–H groups in total. The maximum Gasteiger partial charge on any atom is 0.431 e. The van der Waals surface area contributed by atoms with Crippen LogP contribution in [-0.4, -0.2) is 15.1 Å². The van der Waals surface area contributed by atoms with E-state index in [1.54, 1.807) is 18.2 Å². The van der Waals surface area contributed by atoms with Crippen LogP contribution in [0.15, 0.2) is 91.3 Å². The average Bonchev–Trinajstić information content (AvgIpc) is 3.32. The summed E-state index contributed by atoms with van der Waals surface area (Å²) < 4.78 is 36.6. The van der Waals surface area contributed by atoms with Crippen molar-refractivity contribution < 1.29 is 33.3 Å². The Labute approximate surface area is 195 Å². The van der Waals surface area contributed by atoms with Gasteiger partial charge < -0.3 is 15.2 Å². The molecule has 0 saturated heterocycles. The van der Waals surface area contributed by atoms with E-state index in [1.165, 1.54) is 17.0 Å². The molecular weight excluding hydrogens is 594 g/mol. The van der Waals surface area contributed by atoms with Crippen LogP contribution in [0.5, 0.6) is 0 Å². The standard InChI is InChI=1S/C15H10N.C9H5F3N3.Ir/c1-2-7-13(8-3-1)15-14-9-5-4-6-12(14)10-11-16-15;10-9(11,12)8-5-7(14-15-8)6-3-1-2-4-13-6;/h1-7,9-11H;1-5H;/q2*-1;. The Morgan fingerprint density at radius 2 is 1.59 bits per heavy atom. The van der Waals surface area contributed by atoms with Crippen molar-refractivity contribution in [3.8, 4) is 22.6 Å². The van der Waals surface area contributed by atoms with Gasteiger partial charge in [-0.3, -0.25) is 4.98 Å². The molecule has 5 rings (SSSR count). The van der Waals surface area contributed by atoms with Gasteiger partial charge in [0.15, 0.2) is 0 Å². The van der Waals surface area contributed by atoms with Gasteiger partial charge in [0.05, 0.1) is 0 Å². The van der Waals surface area contributed by atoms with Gasteiger partial charge in [0, 0.05) is 38.2 Å². The van der Waals surface area contributed by atoms with Crippen molar-refractivity contribution in [3.63, 3.8) is 0 Å². The summed E-state index contributed by atoms with van der Waals surface area (Å²) in [6, 6.07) is 27.2. The molecule has 0 atom stereocenters. The van der Waals surface area contributed by atoms with Gasteiger partial charge in [0.25, 0.3) is 0 Å². The van der Waals surface area contributed by atoms with Crippen LogP contribution in [0.3, 0.4) is 0 Å². The van der Waals surface area contributed by atoms with Gasteiger partial charge in [-0.1, -0.05) is 36.0 Å². The third-order valence-corrected chi connectivity index (χ3v) is 4.39. The zero-order chi connectivity index (χ0) is 21.7. The second-order valence-electron chi connectivity index (χ2n) is 6.48. The fourth-order valence-electron chi connectivity index (χ4n) is 2.95. The normalized spacial score (nSPS) is 10.7. The van der Waals surface area contributed by atoms with E-state index in [0.717, 1.165) is 17.3 Å². The summed E-state index contributed by atoms with van der Waals surface area (Å²) in [5, 5.41) is 8.86. The van der Waals surface area contributed by atoms with Gasteiger partial charge in [-0.05, 0) is 40.7 Å². The average molecular weight is 609 g/mol. The number of halogens is 3. The maximum atomic E-state index is 12.2. The molecule has 0 aliphatic carbocycles. The van der Waals surface area contributed by atoms with E-state index < -0.39 is 11.9 Å². The monoisotopic (exact) mass is 609 g/mol. The third kappa shape index (κ3) is 5.46. The molecule has 4 nitrogen and oxygen atoms in total. The van der Waals surface area contributed by atoms with Gasteiger partial charge in [-0.25, -0.2) is 0 Å². The Kier molecular flexibility index (Phi) is 7.51. The summed E-state index contributed by atoms with van der Waals surface area (Å²) in [4.78, 5) is 8.32. The molecule has 5 aromatic rings. The summed E-state index contributed by atoms with van der Waals surface area (Å²) in [5.41, 5.74) is 1.55. The topological polar surface area (TPSA) is 52.8 Å². The summed E-state index contributed by atoms with van der Waals surface area (Å²) in [5.74, 6) is 0. The largest absolute Gasteiger partial charge is 0.573 e. The molecule has 2 aromatic carbocycles. The van der Waals surface area contributed by atoms with Crippen LogP contribution < -0.4 is 5.10 Å². The number of benzene rings is 2. The number of fused-ring (bicyclic) bond motifs is 1. The second-order valence-corrected chi connectivity index (χ2v) is 6.48.